The van der Waals surface area contributed by atoms with Gasteiger partial charge in [0, 0.05) is 35.4 Å². The fraction of sp³-hybridized carbons (Fsp3) is 0.750. The van der Waals surface area contributed by atoms with Crippen molar-refractivity contribution in [3.8, 4) is 0 Å². The lowest BCUT2D eigenvalue weighted by Crippen LogP contribution is -2.27. The predicted octanol–water partition coefficient (Wildman–Crippen LogP) is 4.03. The molecule has 0 bridgehead atoms. The first kappa shape index (κ1) is 16.7. The third-order valence-corrected chi connectivity index (χ3v) is 4.31. The summed E-state index contributed by atoms with van der Waals surface area (Å²) in [5.41, 5.74) is 1.51. The maximum absolute atomic E-state index is 3.50. The van der Waals surface area contributed by atoms with E-state index in [9.17, 15) is 0 Å². The lowest BCUT2D eigenvalue weighted by atomic mass is 10.1. The summed E-state index contributed by atoms with van der Waals surface area (Å²) in [7, 11) is 0. The second-order valence-electron chi connectivity index (χ2n) is 6.05. The highest BCUT2D eigenvalue weighted by molar-refractivity contribution is 7.12. The zero-order valence-electron chi connectivity index (χ0n) is 13.4. The van der Waals surface area contributed by atoms with E-state index in [1.54, 1.807) is 0 Å². The first-order valence-electron chi connectivity index (χ1n) is 7.46. The van der Waals surface area contributed by atoms with Gasteiger partial charge in [0.05, 0.1) is 0 Å². The Labute approximate surface area is 123 Å². The Kier molecular flexibility index (Phi) is 7.05. The van der Waals surface area contributed by atoms with E-state index in [1.165, 1.54) is 21.9 Å². The number of aryl methyl sites for hydroxylation is 1. The molecule has 19 heavy (non-hydrogen) atoms. The first-order valence-corrected chi connectivity index (χ1v) is 8.27. The average Bonchev–Trinajstić information content (AvgIpc) is 2.66. The van der Waals surface area contributed by atoms with Gasteiger partial charge < -0.3 is 5.32 Å². The minimum Gasteiger partial charge on any atom is -0.310 e. The summed E-state index contributed by atoms with van der Waals surface area (Å²) in [6.07, 6.45) is 0. The van der Waals surface area contributed by atoms with Crippen LogP contribution in [0, 0.1) is 12.8 Å². The highest BCUT2D eigenvalue weighted by atomic mass is 32.1. The SMILES string of the molecule is CCN(Cc1cc(CNC(C)C)sc1C)CC(C)C. The molecule has 0 saturated carbocycles. The third-order valence-electron chi connectivity index (χ3n) is 3.22. The van der Waals surface area contributed by atoms with Crippen LogP contribution in [0.2, 0.25) is 0 Å². The Balaban J connectivity index is 2.62. The number of nitrogens with one attached hydrogen (secondary N) is 1. The summed E-state index contributed by atoms with van der Waals surface area (Å²) < 4.78 is 0. The highest BCUT2D eigenvalue weighted by Gasteiger charge is 2.11. The molecule has 0 radical (unpaired) electrons. The van der Waals surface area contributed by atoms with Gasteiger partial charge in [-0.3, -0.25) is 4.90 Å². The van der Waals surface area contributed by atoms with E-state index < -0.39 is 0 Å². The smallest absolute Gasteiger partial charge is 0.0302 e. The summed E-state index contributed by atoms with van der Waals surface area (Å²) in [4.78, 5) is 5.48. The molecule has 0 unspecified atom stereocenters. The van der Waals surface area contributed by atoms with Crippen molar-refractivity contribution in [3.63, 3.8) is 0 Å². The highest BCUT2D eigenvalue weighted by Crippen LogP contribution is 2.23. The minimum atomic E-state index is 0.555. The molecule has 0 aliphatic rings. The Morgan fingerprint density at radius 1 is 1.26 bits per heavy atom. The molecule has 1 heterocycles. The van der Waals surface area contributed by atoms with Crippen LogP contribution in [-0.2, 0) is 13.1 Å². The van der Waals surface area contributed by atoms with Crippen molar-refractivity contribution in [2.75, 3.05) is 13.1 Å². The fourth-order valence-electron chi connectivity index (χ4n) is 2.20. The van der Waals surface area contributed by atoms with Crippen LogP contribution in [0.4, 0.5) is 0 Å². The first-order chi connectivity index (χ1) is 8.92. The number of thiophene rings is 1. The predicted molar refractivity (Wildman–Crippen MR) is 86.8 cm³/mol. The summed E-state index contributed by atoms with van der Waals surface area (Å²) in [5, 5.41) is 3.50. The van der Waals surface area contributed by atoms with Crippen LogP contribution in [0.5, 0.6) is 0 Å². The van der Waals surface area contributed by atoms with Crippen molar-refractivity contribution in [1.82, 2.24) is 10.2 Å². The summed E-state index contributed by atoms with van der Waals surface area (Å²) >= 11 is 1.94. The molecule has 1 aromatic heterocycles. The van der Waals surface area contributed by atoms with Crippen molar-refractivity contribution in [3.05, 3.63) is 21.4 Å². The molecule has 0 saturated heterocycles. The molecule has 2 nitrogen and oxygen atoms in total. The molecule has 3 heteroatoms. The molecule has 110 valence electrons. The summed E-state index contributed by atoms with van der Waals surface area (Å²) in [5.74, 6) is 0.737. The monoisotopic (exact) mass is 282 g/mol. The Hall–Kier alpha value is -0.380. The van der Waals surface area contributed by atoms with E-state index in [2.05, 4.69) is 57.8 Å². The van der Waals surface area contributed by atoms with E-state index >= 15 is 0 Å². The van der Waals surface area contributed by atoms with Crippen LogP contribution >= 0.6 is 11.3 Å². The third kappa shape index (κ3) is 6.07. The second kappa shape index (κ2) is 8.03. The molecule has 0 atom stereocenters. The molecule has 1 N–H and O–H groups in total. The van der Waals surface area contributed by atoms with E-state index in [-0.39, 0.29) is 0 Å². The Bertz CT molecular complexity index is 369. The van der Waals surface area contributed by atoms with Crippen LogP contribution < -0.4 is 5.32 Å². The average molecular weight is 282 g/mol. The minimum absolute atomic E-state index is 0.555. The van der Waals surface area contributed by atoms with Crippen molar-refractivity contribution in [1.29, 1.82) is 0 Å². The number of nitrogens with zero attached hydrogens (tertiary/aromatic N) is 1. The molecule has 0 aromatic carbocycles. The van der Waals surface area contributed by atoms with E-state index in [0.29, 0.717) is 6.04 Å². The van der Waals surface area contributed by atoms with Gasteiger partial charge >= 0.3 is 0 Å². The molecule has 0 spiro atoms. The standard InChI is InChI=1S/C16H30N2S/c1-7-18(10-12(2)3)11-15-8-16(19-14(15)6)9-17-13(4)5/h8,12-13,17H,7,9-11H2,1-6H3. The topological polar surface area (TPSA) is 15.3 Å². The van der Waals surface area contributed by atoms with Gasteiger partial charge in [0.15, 0.2) is 0 Å². The van der Waals surface area contributed by atoms with E-state index in [1.807, 2.05) is 11.3 Å². The molecule has 0 aliphatic heterocycles. The van der Waals surface area contributed by atoms with E-state index in [4.69, 9.17) is 0 Å². The van der Waals surface area contributed by atoms with Crippen molar-refractivity contribution in [2.24, 2.45) is 5.92 Å². The molecule has 0 aliphatic carbocycles. The fourth-order valence-corrected chi connectivity index (χ4v) is 3.20. The Morgan fingerprint density at radius 2 is 1.95 bits per heavy atom. The summed E-state index contributed by atoms with van der Waals surface area (Å²) in [6, 6.07) is 2.94. The zero-order valence-corrected chi connectivity index (χ0v) is 14.2. The molecule has 0 fully saturated rings. The van der Waals surface area contributed by atoms with Crippen molar-refractivity contribution >= 4 is 11.3 Å². The molecule has 0 amide bonds. The molecule has 1 rings (SSSR count). The van der Waals surface area contributed by atoms with Gasteiger partial charge in [-0.1, -0.05) is 34.6 Å². The van der Waals surface area contributed by atoms with Gasteiger partial charge in [0.2, 0.25) is 0 Å². The maximum Gasteiger partial charge on any atom is 0.0302 e. The molecule has 1 aromatic rings. The largest absolute Gasteiger partial charge is 0.310 e. The van der Waals surface area contributed by atoms with Gasteiger partial charge in [-0.15, -0.1) is 11.3 Å². The number of rotatable bonds is 8. The summed E-state index contributed by atoms with van der Waals surface area (Å²) in [6.45, 7) is 17.9. The molecular formula is C16H30N2S. The van der Waals surface area contributed by atoms with Crippen molar-refractivity contribution < 1.29 is 0 Å². The van der Waals surface area contributed by atoms with Crippen molar-refractivity contribution in [2.45, 2.75) is 60.7 Å². The van der Waals surface area contributed by atoms with Crippen LogP contribution in [-0.4, -0.2) is 24.0 Å². The van der Waals surface area contributed by atoms with Crippen LogP contribution in [0.25, 0.3) is 0 Å². The number of hydrogen-bond acceptors (Lipinski definition) is 3. The van der Waals surface area contributed by atoms with Crippen LogP contribution in [0.1, 0.15) is 49.9 Å². The number of hydrogen-bond donors (Lipinski definition) is 1. The normalized spacial score (nSPS) is 12.1. The van der Waals surface area contributed by atoms with Crippen LogP contribution in [0.15, 0.2) is 6.07 Å². The lowest BCUT2D eigenvalue weighted by Gasteiger charge is -2.22. The van der Waals surface area contributed by atoms with Gasteiger partial charge in [-0.2, -0.15) is 0 Å². The van der Waals surface area contributed by atoms with Gasteiger partial charge in [0.1, 0.15) is 0 Å². The zero-order chi connectivity index (χ0) is 14.4. The maximum atomic E-state index is 3.50. The lowest BCUT2D eigenvalue weighted by molar-refractivity contribution is 0.248. The second-order valence-corrected chi connectivity index (χ2v) is 7.39. The van der Waals surface area contributed by atoms with Crippen LogP contribution in [0.3, 0.4) is 0 Å². The van der Waals surface area contributed by atoms with Gasteiger partial charge in [-0.25, -0.2) is 0 Å². The quantitative estimate of drug-likeness (QED) is 0.774. The van der Waals surface area contributed by atoms with Gasteiger partial charge in [0.25, 0.3) is 0 Å². The van der Waals surface area contributed by atoms with Gasteiger partial charge in [-0.05, 0) is 31.0 Å². The van der Waals surface area contributed by atoms with E-state index in [0.717, 1.165) is 25.6 Å². The molecular weight excluding hydrogens is 252 g/mol. The Morgan fingerprint density at radius 3 is 2.47 bits per heavy atom.